The summed E-state index contributed by atoms with van der Waals surface area (Å²) in [6.45, 7) is 0. The molecule has 2 nitrogen and oxygen atoms in total. The second kappa shape index (κ2) is 7.58. The third-order valence-corrected chi connectivity index (χ3v) is 4.94. The summed E-state index contributed by atoms with van der Waals surface area (Å²) in [6, 6.07) is 16.7. The molecule has 0 N–H and O–H groups in total. The van der Waals surface area contributed by atoms with Gasteiger partial charge in [-0.25, -0.2) is 0 Å². The minimum absolute atomic E-state index is 0.399. The van der Waals surface area contributed by atoms with Crippen LogP contribution in [-0.4, -0.2) is 10.2 Å². The summed E-state index contributed by atoms with van der Waals surface area (Å²) in [5, 5.41) is 8.99. The minimum atomic E-state index is -4.33. The lowest BCUT2D eigenvalue weighted by Gasteiger charge is -2.08. The molecule has 7 heteroatoms. The summed E-state index contributed by atoms with van der Waals surface area (Å²) < 4.78 is 39.2. The van der Waals surface area contributed by atoms with Crippen LogP contribution in [0.5, 0.6) is 0 Å². The van der Waals surface area contributed by atoms with Gasteiger partial charge in [-0.3, -0.25) is 0 Å². The van der Waals surface area contributed by atoms with Crippen LogP contribution in [0.25, 0.3) is 11.3 Å². The van der Waals surface area contributed by atoms with E-state index >= 15 is 0 Å². The largest absolute Gasteiger partial charge is 0.416 e. The van der Waals surface area contributed by atoms with Crippen LogP contribution in [-0.2, 0) is 11.9 Å². The van der Waals surface area contributed by atoms with E-state index in [0.29, 0.717) is 16.3 Å². The standard InChI is InChI=1S/C18H12BrF3N2S/c19-15-6-4-13(5-7-15)16-8-9-17(24-23-16)25-11-12-2-1-3-14(10-12)18(20,21)22/h1-10H,11H2. The van der Waals surface area contributed by atoms with Crippen LogP contribution in [0, 0.1) is 0 Å². The average Bonchev–Trinajstić information content (AvgIpc) is 2.61. The molecule has 0 bridgehead atoms. The molecular formula is C18H12BrF3N2S. The number of benzene rings is 2. The van der Waals surface area contributed by atoms with Crippen molar-refractivity contribution in [2.75, 3.05) is 0 Å². The highest BCUT2D eigenvalue weighted by Gasteiger charge is 2.30. The van der Waals surface area contributed by atoms with Crippen LogP contribution in [0.1, 0.15) is 11.1 Å². The fourth-order valence-electron chi connectivity index (χ4n) is 2.17. The van der Waals surface area contributed by atoms with Gasteiger partial charge in [0.2, 0.25) is 0 Å². The highest BCUT2D eigenvalue weighted by Crippen LogP contribution is 2.31. The normalized spacial score (nSPS) is 11.5. The number of halogens is 4. The molecule has 0 saturated heterocycles. The molecule has 0 atom stereocenters. The van der Waals surface area contributed by atoms with E-state index in [9.17, 15) is 13.2 Å². The second-order valence-corrected chi connectivity index (χ2v) is 7.16. The number of hydrogen-bond donors (Lipinski definition) is 0. The van der Waals surface area contributed by atoms with E-state index in [1.54, 1.807) is 6.07 Å². The number of aromatic nitrogens is 2. The van der Waals surface area contributed by atoms with Crippen LogP contribution < -0.4 is 0 Å². The first kappa shape index (κ1) is 17.9. The Morgan fingerprint density at radius 3 is 2.32 bits per heavy atom. The summed E-state index contributed by atoms with van der Waals surface area (Å²) in [6.07, 6.45) is -4.33. The van der Waals surface area contributed by atoms with E-state index in [0.717, 1.165) is 27.9 Å². The number of alkyl halides is 3. The zero-order valence-corrected chi connectivity index (χ0v) is 15.2. The lowest BCUT2D eigenvalue weighted by atomic mass is 10.1. The van der Waals surface area contributed by atoms with Crippen molar-refractivity contribution >= 4 is 27.7 Å². The van der Waals surface area contributed by atoms with Gasteiger partial charge < -0.3 is 0 Å². The van der Waals surface area contributed by atoms with Gasteiger partial charge in [-0.1, -0.05) is 58.0 Å². The van der Waals surface area contributed by atoms with Gasteiger partial charge in [0, 0.05) is 15.8 Å². The molecular weight excluding hydrogens is 413 g/mol. The van der Waals surface area contributed by atoms with Crippen molar-refractivity contribution < 1.29 is 13.2 Å². The zero-order chi connectivity index (χ0) is 17.9. The van der Waals surface area contributed by atoms with Crippen molar-refractivity contribution in [3.05, 3.63) is 76.3 Å². The van der Waals surface area contributed by atoms with E-state index in [4.69, 9.17) is 0 Å². The molecule has 0 radical (unpaired) electrons. The van der Waals surface area contributed by atoms with E-state index in [1.165, 1.54) is 17.8 Å². The van der Waals surface area contributed by atoms with Crippen LogP contribution in [0.2, 0.25) is 0 Å². The molecule has 0 aliphatic heterocycles. The summed E-state index contributed by atoms with van der Waals surface area (Å²) in [4.78, 5) is 0. The Bertz CT molecular complexity index is 849. The third kappa shape index (κ3) is 4.83. The number of nitrogens with zero attached hydrogens (tertiary/aromatic N) is 2. The molecule has 0 aliphatic carbocycles. The van der Waals surface area contributed by atoms with E-state index in [1.807, 2.05) is 36.4 Å². The van der Waals surface area contributed by atoms with Crippen molar-refractivity contribution in [3.8, 4) is 11.3 Å². The second-order valence-electron chi connectivity index (χ2n) is 5.25. The predicted molar refractivity (Wildman–Crippen MR) is 96.2 cm³/mol. The van der Waals surface area contributed by atoms with Crippen molar-refractivity contribution in [3.63, 3.8) is 0 Å². The quantitative estimate of drug-likeness (QED) is 0.465. The maximum atomic E-state index is 12.7. The fraction of sp³-hybridized carbons (Fsp3) is 0.111. The molecule has 0 aliphatic rings. The SMILES string of the molecule is FC(F)(F)c1cccc(CSc2ccc(-c3ccc(Br)cc3)nn2)c1. The third-order valence-electron chi connectivity index (χ3n) is 3.42. The number of thioether (sulfide) groups is 1. The smallest absolute Gasteiger partial charge is 0.166 e. The van der Waals surface area contributed by atoms with Crippen LogP contribution in [0.3, 0.4) is 0 Å². The van der Waals surface area contributed by atoms with E-state index < -0.39 is 11.7 Å². The number of rotatable bonds is 4. The Balaban J connectivity index is 1.67. The van der Waals surface area contributed by atoms with Crippen molar-refractivity contribution in [2.24, 2.45) is 0 Å². The first-order valence-electron chi connectivity index (χ1n) is 7.30. The summed E-state index contributed by atoms with van der Waals surface area (Å²) in [5.41, 5.74) is 1.65. The molecule has 25 heavy (non-hydrogen) atoms. The Morgan fingerprint density at radius 1 is 0.920 bits per heavy atom. The lowest BCUT2D eigenvalue weighted by Crippen LogP contribution is -2.04. The van der Waals surface area contributed by atoms with E-state index in [-0.39, 0.29) is 0 Å². The summed E-state index contributed by atoms with van der Waals surface area (Å²) in [7, 11) is 0. The Kier molecular flexibility index (Phi) is 5.44. The Labute approximate surface area is 155 Å². The maximum Gasteiger partial charge on any atom is 0.416 e. The lowest BCUT2D eigenvalue weighted by molar-refractivity contribution is -0.137. The molecule has 2 aromatic carbocycles. The molecule has 1 heterocycles. The van der Waals surface area contributed by atoms with Gasteiger partial charge in [0.05, 0.1) is 11.3 Å². The van der Waals surface area contributed by atoms with E-state index in [2.05, 4.69) is 26.1 Å². The van der Waals surface area contributed by atoms with Crippen LogP contribution >= 0.6 is 27.7 Å². The van der Waals surface area contributed by atoms with Crippen LogP contribution in [0.4, 0.5) is 13.2 Å². The topological polar surface area (TPSA) is 25.8 Å². The molecule has 0 unspecified atom stereocenters. The van der Waals surface area contributed by atoms with Gasteiger partial charge in [0.1, 0.15) is 5.03 Å². The van der Waals surface area contributed by atoms with Gasteiger partial charge in [0.25, 0.3) is 0 Å². The van der Waals surface area contributed by atoms with Crippen molar-refractivity contribution in [1.29, 1.82) is 0 Å². The molecule has 1 aromatic heterocycles. The van der Waals surface area contributed by atoms with Crippen molar-refractivity contribution in [2.45, 2.75) is 17.0 Å². The highest BCUT2D eigenvalue weighted by atomic mass is 79.9. The van der Waals surface area contributed by atoms with Gasteiger partial charge in [-0.15, -0.1) is 10.2 Å². The molecule has 128 valence electrons. The molecule has 3 aromatic rings. The Morgan fingerprint density at radius 2 is 1.68 bits per heavy atom. The molecule has 3 rings (SSSR count). The fourth-order valence-corrected chi connectivity index (χ4v) is 3.19. The highest BCUT2D eigenvalue weighted by molar-refractivity contribution is 9.10. The molecule has 0 spiro atoms. The predicted octanol–water partition coefficient (Wildman–Crippen LogP) is 6.22. The monoisotopic (exact) mass is 424 g/mol. The van der Waals surface area contributed by atoms with Gasteiger partial charge in [-0.05, 0) is 35.9 Å². The number of hydrogen-bond acceptors (Lipinski definition) is 3. The van der Waals surface area contributed by atoms with Gasteiger partial charge >= 0.3 is 6.18 Å². The first-order chi connectivity index (χ1) is 11.9. The zero-order valence-electron chi connectivity index (χ0n) is 12.8. The maximum absolute atomic E-state index is 12.7. The molecule has 0 fully saturated rings. The minimum Gasteiger partial charge on any atom is -0.166 e. The molecule has 0 saturated carbocycles. The van der Waals surface area contributed by atoms with Crippen molar-refractivity contribution in [1.82, 2.24) is 10.2 Å². The first-order valence-corrected chi connectivity index (χ1v) is 9.08. The summed E-state index contributed by atoms with van der Waals surface area (Å²) >= 11 is 4.73. The van der Waals surface area contributed by atoms with Crippen LogP contribution in [0.15, 0.2) is 70.2 Å². The van der Waals surface area contributed by atoms with Gasteiger partial charge in [0.15, 0.2) is 0 Å². The van der Waals surface area contributed by atoms with Gasteiger partial charge in [-0.2, -0.15) is 13.2 Å². The average molecular weight is 425 g/mol. The Hall–Kier alpha value is -1.86. The summed E-state index contributed by atoms with van der Waals surface area (Å²) in [5.74, 6) is 0.399. The molecule has 0 amide bonds.